The molecule has 1 atom stereocenters. The molecular weight excluding hydrogens is 205 g/mol. The summed E-state index contributed by atoms with van der Waals surface area (Å²) in [4.78, 5) is 0. The number of ether oxygens (including phenoxy) is 1. The van der Waals surface area contributed by atoms with Gasteiger partial charge in [-0.3, -0.25) is 0 Å². The van der Waals surface area contributed by atoms with E-state index < -0.39 is 6.17 Å². The first-order valence-electron chi connectivity index (χ1n) is 5.66. The van der Waals surface area contributed by atoms with Crippen LogP contribution in [0.4, 0.5) is 4.39 Å². The van der Waals surface area contributed by atoms with Crippen molar-refractivity contribution in [1.29, 1.82) is 0 Å². The van der Waals surface area contributed by atoms with Crippen LogP contribution in [0.1, 0.15) is 37.1 Å². The van der Waals surface area contributed by atoms with Gasteiger partial charge in [-0.25, -0.2) is 4.39 Å². The van der Waals surface area contributed by atoms with Crippen LogP contribution in [0.15, 0.2) is 18.2 Å². The molecule has 2 nitrogen and oxygen atoms in total. The van der Waals surface area contributed by atoms with Crippen LogP contribution in [0.5, 0.6) is 5.75 Å². The molecule has 0 aromatic heterocycles. The Hall–Kier alpha value is -1.09. The molecule has 1 aliphatic carbocycles. The minimum Gasteiger partial charge on any atom is -0.496 e. The van der Waals surface area contributed by atoms with Crippen molar-refractivity contribution < 1.29 is 9.13 Å². The van der Waals surface area contributed by atoms with Gasteiger partial charge in [-0.15, -0.1) is 0 Å². The average molecular weight is 223 g/mol. The standard InChI is InChI=1S/C13H18FNO/c1-9(14)10-4-3-5-11(12(10)16-2)13(8-15)6-7-13/h3-5,9H,6-8,15H2,1-2H3. The van der Waals surface area contributed by atoms with E-state index in [1.165, 1.54) is 6.92 Å². The van der Waals surface area contributed by atoms with Gasteiger partial charge in [-0.2, -0.15) is 0 Å². The number of halogens is 1. The van der Waals surface area contributed by atoms with Crippen LogP contribution in [0.2, 0.25) is 0 Å². The van der Waals surface area contributed by atoms with Crippen molar-refractivity contribution in [2.45, 2.75) is 31.4 Å². The Kier molecular flexibility index (Phi) is 2.89. The maximum Gasteiger partial charge on any atom is 0.128 e. The summed E-state index contributed by atoms with van der Waals surface area (Å²) in [7, 11) is 1.59. The maximum absolute atomic E-state index is 13.5. The second-order valence-corrected chi connectivity index (χ2v) is 4.53. The summed E-state index contributed by atoms with van der Waals surface area (Å²) in [6, 6.07) is 5.67. The van der Waals surface area contributed by atoms with Gasteiger partial charge in [-0.1, -0.05) is 18.2 Å². The molecular formula is C13H18FNO. The highest BCUT2D eigenvalue weighted by molar-refractivity contribution is 5.49. The highest BCUT2D eigenvalue weighted by Crippen LogP contribution is 2.51. The van der Waals surface area contributed by atoms with Crippen LogP contribution in [0, 0.1) is 0 Å². The lowest BCUT2D eigenvalue weighted by Gasteiger charge is -2.20. The predicted octanol–water partition coefficient (Wildman–Crippen LogP) is 2.72. The van der Waals surface area contributed by atoms with Gasteiger partial charge >= 0.3 is 0 Å². The molecule has 1 aromatic rings. The highest BCUT2D eigenvalue weighted by Gasteiger charge is 2.45. The normalized spacial score (nSPS) is 19.2. The Bertz CT molecular complexity index is 386. The number of hydrogen-bond acceptors (Lipinski definition) is 2. The largest absolute Gasteiger partial charge is 0.496 e. The number of nitrogens with two attached hydrogens (primary N) is 1. The predicted molar refractivity (Wildman–Crippen MR) is 62.5 cm³/mol. The van der Waals surface area contributed by atoms with Gasteiger partial charge in [-0.05, 0) is 19.8 Å². The number of hydrogen-bond donors (Lipinski definition) is 1. The van der Waals surface area contributed by atoms with E-state index in [4.69, 9.17) is 10.5 Å². The summed E-state index contributed by atoms with van der Waals surface area (Å²) >= 11 is 0. The van der Waals surface area contributed by atoms with Gasteiger partial charge in [0.1, 0.15) is 11.9 Å². The van der Waals surface area contributed by atoms with E-state index in [-0.39, 0.29) is 5.41 Å². The van der Waals surface area contributed by atoms with Gasteiger partial charge in [0.25, 0.3) is 0 Å². The summed E-state index contributed by atoms with van der Waals surface area (Å²) in [5, 5.41) is 0. The molecule has 1 fully saturated rings. The summed E-state index contributed by atoms with van der Waals surface area (Å²) in [5.74, 6) is 0.681. The lowest BCUT2D eigenvalue weighted by Crippen LogP contribution is -2.21. The Labute approximate surface area is 95.6 Å². The Morgan fingerprint density at radius 3 is 2.62 bits per heavy atom. The topological polar surface area (TPSA) is 35.2 Å². The number of alkyl halides is 1. The second kappa shape index (κ2) is 4.06. The lowest BCUT2D eigenvalue weighted by atomic mass is 9.92. The number of rotatable bonds is 4. The maximum atomic E-state index is 13.5. The smallest absolute Gasteiger partial charge is 0.128 e. The Balaban J connectivity index is 2.49. The minimum atomic E-state index is -1.01. The fraction of sp³-hybridized carbons (Fsp3) is 0.538. The van der Waals surface area contributed by atoms with Crippen LogP contribution in [-0.4, -0.2) is 13.7 Å². The van der Waals surface area contributed by atoms with Crippen LogP contribution in [-0.2, 0) is 5.41 Å². The average Bonchev–Trinajstić information content (AvgIpc) is 3.08. The molecule has 0 aliphatic heterocycles. The molecule has 0 heterocycles. The highest BCUT2D eigenvalue weighted by atomic mass is 19.1. The molecule has 0 bridgehead atoms. The van der Waals surface area contributed by atoms with E-state index in [0.29, 0.717) is 17.9 Å². The summed E-state index contributed by atoms with van der Waals surface area (Å²) in [6.45, 7) is 2.14. The van der Waals surface area contributed by atoms with E-state index in [0.717, 1.165) is 18.4 Å². The molecule has 0 amide bonds. The molecule has 3 heteroatoms. The third-order valence-electron chi connectivity index (χ3n) is 3.49. The Morgan fingerprint density at radius 1 is 1.50 bits per heavy atom. The van der Waals surface area contributed by atoms with Crippen LogP contribution in [0.3, 0.4) is 0 Å². The quantitative estimate of drug-likeness (QED) is 0.851. The van der Waals surface area contributed by atoms with Crippen LogP contribution >= 0.6 is 0 Å². The van der Waals surface area contributed by atoms with Crippen molar-refractivity contribution in [1.82, 2.24) is 0 Å². The zero-order chi connectivity index (χ0) is 11.8. The molecule has 0 radical (unpaired) electrons. The van der Waals surface area contributed by atoms with Crippen LogP contribution < -0.4 is 10.5 Å². The van der Waals surface area contributed by atoms with E-state index in [1.54, 1.807) is 13.2 Å². The zero-order valence-electron chi connectivity index (χ0n) is 9.79. The zero-order valence-corrected chi connectivity index (χ0v) is 9.79. The molecule has 2 rings (SSSR count). The monoisotopic (exact) mass is 223 g/mol. The van der Waals surface area contributed by atoms with Crippen molar-refractivity contribution in [2.75, 3.05) is 13.7 Å². The molecule has 0 spiro atoms. The van der Waals surface area contributed by atoms with Crippen molar-refractivity contribution >= 4 is 0 Å². The van der Waals surface area contributed by atoms with Crippen molar-refractivity contribution in [3.63, 3.8) is 0 Å². The number of methoxy groups -OCH3 is 1. The van der Waals surface area contributed by atoms with E-state index in [9.17, 15) is 4.39 Å². The fourth-order valence-electron chi connectivity index (χ4n) is 2.25. The third kappa shape index (κ3) is 1.69. The van der Waals surface area contributed by atoms with Gasteiger partial charge in [0.05, 0.1) is 7.11 Å². The molecule has 1 saturated carbocycles. The Morgan fingerprint density at radius 2 is 2.19 bits per heavy atom. The molecule has 2 N–H and O–H groups in total. The fourth-order valence-corrected chi connectivity index (χ4v) is 2.25. The van der Waals surface area contributed by atoms with E-state index in [2.05, 4.69) is 0 Å². The van der Waals surface area contributed by atoms with Crippen molar-refractivity contribution in [2.24, 2.45) is 5.73 Å². The van der Waals surface area contributed by atoms with Crippen LogP contribution in [0.25, 0.3) is 0 Å². The van der Waals surface area contributed by atoms with Crippen molar-refractivity contribution in [3.8, 4) is 5.75 Å². The molecule has 1 unspecified atom stereocenters. The second-order valence-electron chi connectivity index (χ2n) is 4.53. The van der Waals surface area contributed by atoms with Gasteiger partial charge < -0.3 is 10.5 Å². The first-order valence-corrected chi connectivity index (χ1v) is 5.66. The van der Waals surface area contributed by atoms with Crippen molar-refractivity contribution in [3.05, 3.63) is 29.3 Å². The molecule has 0 saturated heterocycles. The lowest BCUT2D eigenvalue weighted by molar-refractivity contribution is 0.342. The summed E-state index contributed by atoms with van der Waals surface area (Å²) in [6.07, 6.45) is 1.14. The number of para-hydroxylation sites is 1. The first kappa shape index (κ1) is 11.4. The molecule has 1 aliphatic rings. The number of benzene rings is 1. The van der Waals surface area contributed by atoms with E-state index >= 15 is 0 Å². The molecule has 88 valence electrons. The third-order valence-corrected chi connectivity index (χ3v) is 3.49. The SMILES string of the molecule is COc1c(C(C)F)cccc1C1(CN)CC1. The molecule has 16 heavy (non-hydrogen) atoms. The van der Waals surface area contributed by atoms with Gasteiger partial charge in [0.2, 0.25) is 0 Å². The minimum absolute atomic E-state index is 0.0379. The van der Waals surface area contributed by atoms with Gasteiger partial charge in [0.15, 0.2) is 0 Å². The first-order chi connectivity index (χ1) is 7.64. The van der Waals surface area contributed by atoms with E-state index in [1.807, 2.05) is 12.1 Å². The summed E-state index contributed by atoms with van der Waals surface area (Å²) in [5.41, 5.74) is 7.53. The summed E-state index contributed by atoms with van der Waals surface area (Å²) < 4.78 is 18.8. The molecule has 1 aromatic carbocycles. The van der Waals surface area contributed by atoms with Gasteiger partial charge in [0, 0.05) is 23.1 Å².